The first-order valence-electron chi connectivity index (χ1n) is 6.58. The van der Waals surface area contributed by atoms with E-state index in [0.29, 0.717) is 17.5 Å². The average Bonchev–Trinajstić information content (AvgIpc) is 2.36. The molecule has 2 rings (SSSR count). The molecule has 0 amide bonds. The van der Waals surface area contributed by atoms with Crippen LogP contribution >= 0.6 is 0 Å². The number of benzene rings is 1. The summed E-state index contributed by atoms with van der Waals surface area (Å²) >= 11 is 0. The third-order valence-corrected chi connectivity index (χ3v) is 4.07. The maximum Gasteiger partial charge on any atom is 0.335 e. The van der Waals surface area contributed by atoms with Gasteiger partial charge in [-0.15, -0.1) is 0 Å². The van der Waals surface area contributed by atoms with Crippen LogP contribution in [0.25, 0.3) is 0 Å². The van der Waals surface area contributed by atoms with Crippen LogP contribution in [0.5, 0.6) is 0 Å². The van der Waals surface area contributed by atoms with Gasteiger partial charge in [0.2, 0.25) is 0 Å². The molecule has 1 N–H and O–H groups in total. The summed E-state index contributed by atoms with van der Waals surface area (Å²) in [5.74, 6) is -0.189. The van der Waals surface area contributed by atoms with E-state index in [1.54, 1.807) is 6.07 Å². The molecule has 0 radical (unpaired) electrons. The number of carbonyl (C=O) groups is 1. The first-order valence-corrected chi connectivity index (χ1v) is 6.58. The Morgan fingerprint density at radius 2 is 2.06 bits per heavy atom. The molecule has 0 bridgehead atoms. The van der Waals surface area contributed by atoms with Gasteiger partial charge in [-0.25, -0.2) is 4.79 Å². The fraction of sp³-hybridized carbons (Fsp3) is 0.533. The Balaban J connectivity index is 2.26. The van der Waals surface area contributed by atoms with E-state index in [9.17, 15) is 9.90 Å². The number of nitrogens with zero attached hydrogens (tertiary/aromatic N) is 1. The van der Waals surface area contributed by atoms with E-state index in [0.717, 1.165) is 25.1 Å². The monoisotopic (exact) mass is 247 g/mol. The molecule has 1 atom stereocenters. The van der Waals surface area contributed by atoms with Crippen LogP contribution < -0.4 is 0 Å². The molecule has 1 aliphatic heterocycles. The molecule has 1 heterocycles. The summed E-state index contributed by atoms with van der Waals surface area (Å²) in [6.45, 7) is 8.53. The maximum absolute atomic E-state index is 11.2. The second kappa shape index (κ2) is 5.11. The summed E-state index contributed by atoms with van der Waals surface area (Å²) in [5, 5.41) is 9.19. The number of carboxylic acid groups (broad SMARTS) is 1. The molecule has 0 aromatic heterocycles. The van der Waals surface area contributed by atoms with Gasteiger partial charge in [0.1, 0.15) is 0 Å². The van der Waals surface area contributed by atoms with Gasteiger partial charge in [0.05, 0.1) is 5.56 Å². The largest absolute Gasteiger partial charge is 0.478 e. The van der Waals surface area contributed by atoms with Crippen molar-refractivity contribution < 1.29 is 9.90 Å². The lowest BCUT2D eigenvalue weighted by atomic mass is 9.92. The Kier molecular flexibility index (Phi) is 3.71. The van der Waals surface area contributed by atoms with E-state index in [2.05, 4.69) is 31.7 Å². The van der Waals surface area contributed by atoms with Crippen molar-refractivity contribution >= 4 is 5.97 Å². The molecule has 0 saturated carbocycles. The molecular formula is C15H21NO2. The molecule has 0 aliphatic carbocycles. The van der Waals surface area contributed by atoms with Crippen LogP contribution in [0.4, 0.5) is 0 Å². The van der Waals surface area contributed by atoms with Gasteiger partial charge in [0.25, 0.3) is 0 Å². The van der Waals surface area contributed by atoms with E-state index < -0.39 is 5.97 Å². The zero-order valence-electron chi connectivity index (χ0n) is 11.3. The Bertz CT molecular complexity index is 454. The van der Waals surface area contributed by atoms with Gasteiger partial charge in [0, 0.05) is 19.1 Å². The predicted octanol–water partition coefficient (Wildman–Crippen LogP) is 2.79. The summed E-state index contributed by atoms with van der Waals surface area (Å²) < 4.78 is 0. The number of fused-ring (bicyclic) bond motifs is 1. The summed E-state index contributed by atoms with van der Waals surface area (Å²) in [5.41, 5.74) is 2.68. The molecular weight excluding hydrogens is 226 g/mol. The average molecular weight is 247 g/mol. The van der Waals surface area contributed by atoms with Gasteiger partial charge in [-0.05, 0) is 36.5 Å². The van der Waals surface area contributed by atoms with Gasteiger partial charge in [-0.2, -0.15) is 0 Å². The summed E-state index contributed by atoms with van der Waals surface area (Å²) in [6, 6.07) is 6.15. The predicted molar refractivity (Wildman–Crippen MR) is 71.8 cm³/mol. The minimum atomic E-state index is -0.808. The number of hydrogen-bond acceptors (Lipinski definition) is 2. The highest BCUT2D eigenvalue weighted by molar-refractivity contribution is 5.89. The van der Waals surface area contributed by atoms with Crippen molar-refractivity contribution in [2.75, 3.05) is 6.54 Å². The van der Waals surface area contributed by atoms with Gasteiger partial charge >= 0.3 is 5.97 Å². The number of carboxylic acids is 1. The molecule has 1 aliphatic rings. The van der Waals surface area contributed by atoms with Crippen molar-refractivity contribution in [2.24, 2.45) is 5.92 Å². The summed E-state index contributed by atoms with van der Waals surface area (Å²) in [4.78, 5) is 13.6. The Morgan fingerprint density at radius 1 is 1.33 bits per heavy atom. The standard InChI is InChI=1S/C15H21NO2/c1-10(2)11(3)16-8-7-13-12(9-16)5-4-6-14(13)15(17)18/h4-6,10-11H,7-9H2,1-3H3,(H,17,18). The van der Waals surface area contributed by atoms with Crippen molar-refractivity contribution in [3.63, 3.8) is 0 Å². The molecule has 18 heavy (non-hydrogen) atoms. The second-order valence-electron chi connectivity index (χ2n) is 5.45. The molecule has 0 spiro atoms. The number of aromatic carboxylic acids is 1. The summed E-state index contributed by atoms with van der Waals surface area (Å²) in [6.07, 6.45) is 0.842. The van der Waals surface area contributed by atoms with Gasteiger partial charge in [0.15, 0.2) is 0 Å². The quantitative estimate of drug-likeness (QED) is 0.893. The van der Waals surface area contributed by atoms with Gasteiger partial charge in [-0.1, -0.05) is 26.0 Å². The zero-order valence-corrected chi connectivity index (χ0v) is 11.3. The van der Waals surface area contributed by atoms with E-state index in [1.165, 1.54) is 5.56 Å². The Morgan fingerprint density at radius 3 is 2.67 bits per heavy atom. The fourth-order valence-corrected chi connectivity index (χ4v) is 2.60. The minimum absolute atomic E-state index is 0.476. The topological polar surface area (TPSA) is 40.5 Å². The molecule has 1 aromatic carbocycles. The van der Waals surface area contributed by atoms with Crippen molar-refractivity contribution in [3.05, 3.63) is 34.9 Å². The lowest BCUT2D eigenvalue weighted by Crippen LogP contribution is -2.40. The SMILES string of the molecule is CC(C)C(C)N1CCc2c(cccc2C(=O)O)C1. The molecule has 98 valence electrons. The van der Waals surface area contributed by atoms with Crippen LogP contribution in [0.1, 0.15) is 42.3 Å². The second-order valence-corrected chi connectivity index (χ2v) is 5.45. The first-order chi connectivity index (χ1) is 8.50. The van der Waals surface area contributed by atoms with Crippen LogP contribution in [0.15, 0.2) is 18.2 Å². The van der Waals surface area contributed by atoms with Gasteiger partial charge in [-0.3, -0.25) is 4.90 Å². The molecule has 1 aromatic rings. The maximum atomic E-state index is 11.2. The van der Waals surface area contributed by atoms with Crippen LogP contribution in [-0.2, 0) is 13.0 Å². The molecule has 3 heteroatoms. The molecule has 3 nitrogen and oxygen atoms in total. The third-order valence-electron chi connectivity index (χ3n) is 4.07. The van der Waals surface area contributed by atoms with Crippen molar-refractivity contribution in [1.29, 1.82) is 0 Å². The lowest BCUT2D eigenvalue weighted by molar-refractivity contribution is 0.0693. The van der Waals surface area contributed by atoms with Gasteiger partial charge < -0.3 is 5.11 Å². The van der Waals surface area contributed by atoms with Crippen LogP contribution in [0.2, 0.25) is 0 Å². The number of rotatable bonds is 3. The number of hydrogen-bond donors (Lipinski definition) is 1. The highest BCUT2D eigenvalue weighted by Crippen LogP contribution is 2.25. The molecule has 0 saturated heterocycles. The van der Waals surface area contributed by atoms with Crippen molar-refractivity contribution in [1.82, 2.24) is 4.90 Å². The van der Waals surface area contributed by atoms with Crippen molar-refractivity contribution in [2.45, 2.75) is 39.8 Å². The van der Waals surface area contributed by atoms with Crippen LogP contribution in [-0.4, -0.2) is 28.6 Å². The summed E-state index contributed by atoms with van der Waals surface area (Å²) in [7, 11) is 0. The minimum Gasteiger partial charge on any atom is -0.478 e. The highest BCUT2D eigenvalue weighted by Gasteiger charge is 2.25. The van der Waals surface area contributed by atoms with Crippen molar-refractivity contribution in [3.8, 4) is 0 Å². The Labute approximate surface area is 108 Å². The fourth-order valence-electron chi connectivity index (χ4n) is 2.60. The normalized spacial score (nSPS) is 17.6. The van der Waals surface area contributed by atoms with E-state index in [-0.39, 0.29) is 0 Å². The first kappa shape index (κ1) is 13.1. The van der Waals surface area contributed by atoms with Crippen LogP contribution in [0, 0.1) is 5.92 Å². The van der Waals surface area contributed by atoms with E-state index in [1.807, 2.05) is 6.07 Å². The Hall–Kier alpha value is -1.35. The van der Waals surface area contributed by atoms with E-state index in [4.69, 9.17) is 0 Å². The third kappa shape index (κ3) is 2.41. The lowest BCUT2D eigenvalue weighted by Gasteiger charge is -2.36. The molecule has 1 unspecified atom stereocenters. The van der Waals surface area contributed by atoms with E-state index >= 15 is 0 Å². The van der Waals surface area contributed by atoms with Crippen LogP contribution in [0.3, 0.4) is 0 Å². The zero-order chi connectivity index (χ0) is 13.3. The highest BCUT2D eigenvalue weighted by atomic mass is 16.4. The molecule has 0 fully saturated rings. The smallest absolute Gasteiger partial charge is 0.335 e.